The van der Waals surface area contributed by atoms with Crippen LogP contribution >= 0.6 is 22.7 Å². The maximum absolute atomic E-state index is 13.3. The molecule has 1 fully saturated rings. The van der Waals surface area contributed by atoms with Crippen LogP contribution in [0.3, 0.4) is 0 Å². The number of hydrogen-bond acceptors (Lipinski definition) is 8. The van der Waals surface area contributed by atoms with E-state index in [9.17, 15) is 22.8 Å². The number of pyridine rings is 1. The third-order valence-electron chi connectivity index (χ3n) is 5.07. The van der Waals surface area contributed by atoms with Crippen molar-refractivity contribution in [3.8, 4) is 10.0 Å². The number of carbonyl (C=O) groups is 2. The molecule has 1 aliphatic rings. The molecule has 0 unspecified atom stereocenters. The zero-order chi connectivity index (χ0) is 24.8. The number of halogens is 3. The van der Waals surface area contributed by atoms with Gasteiger partial charge >= 0.3 is 6.18 Å². The highest BCUT2D eigenvalue weighted by Gasteiger charge is 2.35. The fraction of sp³-hybridized carbons (Fsp3) is 0.364. The molecule has 0 aliphatic heterocycles. The summed E-state index contributed by atoms with van der Waals surface area (Å²) in [5, 5.41) is 9.32. The van der Waals surface area contributed by atoms with Crippen molar-refractivity contribution in [2.24, 2.45) is 5.10 Å². The van der Waals surface area contributed by atoms with Gasteiger partial charge in [-0.15, -0.1) is 22.7 Å². The molecule has 0 saturated heterocycles. The molecule has 2 amide bonds. The highest BCUT2D eigenvalue weighted by Crippen LogP contribution is 2.46. The van der Waals surface area contributed by atoms with Gasteiger partial charge in [0, 0.05) is 29.2 Å². The van der Waals surface area contributed by atoms with Gasteiger partial charge in [-0.25, -0.2) is 15.4 Å². The molecule has 0 aromatic carbocycles. The zero-order valence-corrected chi connectivity index (χ0v) is 20.0. The van der Waals surface area contributed by atoms with Crippen molar-refractivity contribution in [3.05, 3.63) is 52.2 Å². The number of amides is 2. The van der Waals surface area contributed by atoms with Gasteiger partial charge in [-0.05, 0) is 50.2 Å². The van der Waals surface area contributed by atoms with Crippen molar-refractivity contribution in [2.45, 2.75) is 44.2 Å². The van der Waals surface area contributed by atoms with Crippen molar-refractivity contribution in [1.82, 2.24) is 25.7 Å². The third kappa shape index (κ3) is 6.69. The minimum Gasteiger partial charge on any atom is -0.351 e. The van der Waals surface area contributed by atoms with Crippen LogP contribution in [0.4, 0.5) is 13.2 Å². The zero-order valence-electron chi connectivity index (χ0n) is 18.3. The molecule has 0 atom stereocenters. The van der Waals surface area contributed by atoms with Gasteiger partial charge in [-0.3, -0.25) is 14.6 Å². The number of thiazole rings is 2. The number of nitrogens with one attached hydrogen (secondary N) is 2. The third-order valence-corrected chi connectivity index (χ3v) is 7.21. The Hall–Kier alpha value is -3.19. The minimum atomic E-state index is -4.69. The second kappa shape index (κ2) is 11.0. The van der Waals surface area contributed by atoms with Crippen LogP contribution in [0.5, 0.6) is 0 Å². The second-order valence-corrected chi connectivity index (χ2v) is 9.69. The first kappa shape index (κ1) is 24.9. The van der Waals surface area contributed by atoms with Gasteiger partial charge in [0.25, 0.3) is 11.8 Å². The second-order valence-electron chi connectivity index (χ2n) is 7.77. The molecule has 13 heteroatoms. The summed E-state index contributed by atoms with van der Waals surface area (Å²) >= 11 is 2.92. The predicted molar refractivity (Wildman–Crippen MR) is 127 cm³/mol. The molecule has 1 aliphatic carbocycles. The molecular weight excluding hydrogens is 501 g/mol. The van der Waals surface area contributed by atoms with Crippen LogP contribution in [0.1, 0.15) is 63.9 Å². The normalized spacial score (nSPS) is 14.1. The number of alkyl halides is 3. The number of aromatic nitrogens is 3. The van der Waals surface area contributed by atoms with Crippen LogP contribution in [0, 0.1) is 0 Å². The van der Waals surface area contributed by atoms with E-state index in [2.05, 4.69) is 25.4 Å². The van der Waals surface area contributed by atoms with Gasteiger partial charge in [0.2, 0.25) is 0 Å². The van der Waals surface area contributed by atoms with E-state index in [4.69, 9.17) is 0 Å². The lowest BCUT2D eigenvalue weighted by Crippen LogP contribution is -2.29. The first-order valence-electron chi connectivity index (χ1n) is 10.9. The van der Waals surface area contributed by atoms with E-state index in [1.807, 2.05) is 10.8 Å². The summed E-state index contributed by atoms with van der Waals surface area (Å²) in [4.78, 5) is 38.1. The average molecular weight is 523 g/mol. The highest BCUT2D eigenvalue weighted by atomic mass is 32.1. The number of hydrazone groups is 1. The average Bonchev–Trinajstić information content (AvgIpc) is 3.34. The lowest BCUT2D eigenvalue weighted by Gasteiger charge is -2.11. The smallest absolute Gasteiger partial charge is 0.351 e. The molecule has 8 nitrogen and oxygen atoms in total. The molecule has 35 heavy (non-hydrogen) atoms. The molecule has 1 saturated carbocycles. The largest absolute Gasteiger partial charge is 0.431 e. The Morgan fingerprint density at radius 2 is 1.91 bits per heavy atom. The summed E-state index contributed by atoms with van der Waals surface area (Å²) in [6.45, 7) is 0.193. The molecule has 0 radical (unpaired) electrons. The van der Waals surface area contributed by atoms with E-state index in [1.165, 1.54) is 34.9 Å². The molecule has 3 heterocycles. The molecule has 3 aromatic heterocycles. The predicted octanol–water partition coefficient (Wildman–Crippen LogP) is 4.79. The van der Waals surface area contributed by atoms with E-state index in [0.717, 1.165) is 22.7 Å². The quantitative estimate of drug-likeness (QED) is 0.226. The van der Waals surface area contributed by atoms with E-state index in [0.29, 0.717) is 23.0 Å². The van der Waals surface area contributed by atoms with Crippen molar-refractivity contribution in [1.29, 1.82) is 0 Å². The van der Waals surface area contributed by atoms with Crippen LogP contribution < -0.4 is 10.7 Å². The van der Waals surface area contributed by atoms with Crippen LogP contribution in [-0.4, -0.2) is 45.2 Å². The van der Waals surface area contributed by atoms with Gasteiger partial charge in [0.15, 0.2) is 10.0 Å². The summed E-state index contributed by atoms with van der Waals surface area (Å²) in [5.41, 5.74) is 1.14. The SMILES string of the molecule is O=C(N/N=C(\CCCCNC(=O)c1nc(-c2nccs2)sc1C1CC1)C(F)(F)F)c1ccccn1. The molecular formula is C22H21F3N6O2S2. The Bertz CT molecular complexity index is 1190. The fourth-order valence-electron chi connectivity index (χ4n) is 3.17. The van der Waals surface area contributed by atoms with Gasteiger partial charge in [0.1, 0.15) is 17.1 Å². The van der Waals surface area contributed by atoms with Crippen LogP contribution in [0.15, 0.2) is 41.1 Å². The lowest BCUT2D eigenvalue weighted by molar-refractivity contribution is -0.0609. The van der Waals surface area contributed by atoms with Crippen molar-refractivity contribution >= 4 is 40.2 Å². The van der Waals surface area contributed by atoms with Crippen molar-refractivity contribution < 1.29 is 22.8 Å². The number of nitrogens with zero attached hydrogens (tertiary/aromatic N) is 4. The molecule has 4 rings (SSSR count). The summed E-state index contributed by atoms with van der Waals surface area (Å²) in [5.74, 6) is -0.835. The maximum Gasteiger partial charge on any atom is 0.431 e. The topological polar surface area (TPSA) is 109 Å². The van der Waals surface area contributed by atoms with Gasteiger partial charge in [-0.2, -0.15) is 18.3 Å². The Balaban J connectivity index is 1.28. The van der Waals surface area contributed by atoms with Crippen molar-refractivity contribution in [3.63, 3.8) is 0 Å². The van der Waals surface area contributed by atoms with E-state index in [1.54, 1.807) is 18.3 Å². The van der Waals surface area contributed by atoms with E-state index >= 15 is 0 Å². The van der Waals surface area contributed by atoms with E-state index in [-0.39, 0.29) is 24.6 Å². The van der Waals surface area contributed by atoms with Gasteiger partial charge < -0.3 is 5.32 Å². The summed E-state index contributed by atoms with van der Waals surface area (Å²) < 4.78 is 39.9. The fourth-order valence-corrected chi connectivity index (χ4v) is 5.08. The molecule has 0 spiro atoms. The Morgan fingerprint density at radius 3 is 2.57 bits per heavy atom. The molecule has 0 bridgehead atoms. The standard InChI is InChI=1S/C22H21F3N6O2S2/c23-22(24,25)15(30-31-18(32)14-5-1-3-9-26-14)6-2-4-10-27-19(33)16-17(13-7-8-13)35-21(29-16)20-28-11-12-34-20/h1,3,5,9,11-13H,2,4,6-8,10H2,(H,27,33)(H,31,32)/b30-15+. The summed E-state index contributed by atoms with van der Waals surface area (Å²) in [6, 6.07) is 4.50. The van der Waals surface area contributed by atoms with Crippen LogP contribution in [0.2, 0.25) is 0 Å². The molecule has 184 valence electrons. The minimum absolute atomic E-state index is 0.0360. The number of carbonyl (C=O) groups excluding carboxylic acids is 2. The summed E-state index contributed by atoms with van der Waals surface area (Å²) in [7, 11) is 0. The van der Waals surface area contributed by atoms with Gasteiger partial charge in [0.05, 0.1) is 0 Å². The number of hydrogen-bond donors (Lipinski definition) is 2. The van der Waals surface area contributed by atoms with Crippen LogP contribution in [0.25, 0.3) is 10.0 Å². The first-order valence-corrected chi connectivity index (χ1v) is 12.6. The Kier molecular flexibility index (Phi) is 7.86. The monoisotopic (exact) mass is 522 g/mol. The maximum atomic E-state index is 13.3. The first-order chi connectivity index (χ1) is 16.8. The van der Waals surface area contributed by atoms with Gasteiger partial charge in [-0.1, -0.05) is 6.07 Å². The Labute approximate surface area is 206 Å². The molecule has 2 N–H and O–H groups in total. The van der Waals surface area contributed by atoms with Crippen molar-refractivity contribution in [2.75, 3.05) is 6.54 Å². The Morgan fingerprint density at radius 1 is 1.09 bits per heavy atom. The summed E-state index contributed by atoms with van der Waals surface area (Å²) in [6.07, 6.45) is 0.391. The number of rotatable bonds is 10. The number of unbranched alkanes of at least 4 members (excludes halogenated alkanes) is 1. The highest BCUT2D eigenvalue weighted by molar-refractivity contribution is 7.20. The van der Waals surface area contributed by atoms with Crippen LogP contribution in [-0.2, 0) is 0 Å². The molecule has 3 aromatic rings. The lowest BCUT2D eigenvalue weighted by atomic mass is 10.1. The van der Waals surface area contributed by atoms with E-state index < -0.39 is 24.2 Å².